The maximum absolute atomic E-state index is 12.6. The molecular formula is C18H24BCl2N3O5. The average Bonchev–Trinajstić information content (AvgIpc) is 3.03. The Morgan fingerprint density at radius 1 is 1.34 bits per heavy atom. The first-order valence-corrected chi connectivity index (χ1v) is 9.91. The lowest BCUT2D eigenvalue weighted by Gasteiger charge is -2.25. The second-order valence-electron chi connectivity index (χ2n) is 7.59. The molecule has 2 atom stereocenters. The monoisotopic (exact) mass is 443 g/mol. The minimum atomic E-state index is -1.69. The van der Waals surface area contributed by atoms with Crippen molar-refractivity contribution in [3.05, 3.63) is 33.8 Å². The molecule has 1 aromatic rings. The highest BCUT2D eigenvalue weighted by atomic mass is 35.5. The van der Waals surface area contributed by atoms with Crippen molar-refractivity contribution in [1.82, 2.24) is 10.6 Å². The molecule has 0 aromatic heterocycles. The van der Waals surface area contributed by atoms with E-state index in [1.54, 1.807) is 13.0 Å². The smallest absolute Gasteiger partial charge is 0.426 e. The molecule has 1 aliphatic heterocycles. The molecule has 2 unspecified atom stereocenters. The SMILES string of the molecule is CC(C)CC(NC(=O)C1(C)CC(CNC(=O)c2cc(Cl)ccc2Cl)=NO1)B(O)O. The molecule has 2 amide bonds. The lowest BCUT2D eigenvalue weighted by molar-refractivity contribution is -0.142. The second kappa shape index (κ2) is 9.80. The van der Waals surface area contributed by atoms with Gasteiger partial charge in [0.25, 0.3) is 11.8 Å². The highest BCUT2D eigenvalue weighted by Crippen LogP contribution is 2.25. The van der Waals surface area contributed by atoms with E-state index >= 15 is 0 Å². The summed E-state index contributed by atoms with van der Waals surface area (Å²) in [7, 11) is -1.69. The summed E-state index contributed by atoms with van der Waals surface area (Å²) in [6, 6.07) is 4.56. The summed E-state index contributed by atoms with van der Waals surface area (Å²) in [5, 5.41) is 28.8. The summed E-state index contributed by atoms with van der Waals surface area (Å²) >= 11 is 11.9. The zero-order valence-corrected chi connectivity index (χ0v) is 17.9. The number of hydrogen-bond donors (Lipinski definition) is 4. The van der Waals surface area contributed by atoms with Gasteiger partial charge in [0, 0.05) is 11.4 Å². The molecule has 4 N–H and O–H groups in total. The van der Waals surface area contributed by atoms with Gasteiger partial charge in [-0.25, -0.2) is 0 Å². The fraction of sp³-hybridized carbons (Fsp3) is 0.500. The van der Waals surface area contributed by atoms with Crippen molar-refractivity contribution in [1.29, 1.82) is 0 Å². The normalized spacial score (nSPS) is 19.4. The van der Waals surface area contributed by atoms with Crippen LogP contribution in [0.1, 0.15) is 44.0 Å². The van der Waals surface area contributed by atoms with Crippen LogP contribution in [0.2, 0.25) is 10.0 Å². The molecule has 1 aromatic carbocycles. The van der Waals surface area contributed by atoms with Gasteiger partial charge in [-0.05, 0) is 37.5 Å². The number of oxime groups is 1. The molecule has 8 nitrogen and oxygen atoms in total. The zero-order valence-electron chi connectivity index (χ0n) is 16.4. The van der Waals surface area contributed by atoms with Crippen LogP contribution >= 0.6 is 23.2 Å². The van der Waals surface area contributed by atoms with Crippen molar-refractivity contribution in [2.24, 2.45) is 11.1 Å². The molecule has 0 radical (unpaired) electrons. The Labute approximate surface area is 179 Å². The molecular weight excluding hydrogens is 420 g/mol. The van der Waals surface area contributed by atoms with Gasteiger partial charge < -0.3 is 25.5 Å². The number of hydrogen-bond acceptors (Lipinski definition) is 6. The van der Waals surface area contributed by atoms with Crippen LogP contribution in [0.3, 0.4) is 0 Å². The Bertz CT molecular complexity index is 806. The van der Waals surface area contributed by atoms with Gasteiger partial charge in [0.2, 0.25) is 5.60 Å². The van der Waals surface area contributed by atoms with Gasteiger partial charge >= 0.3 is 7.12 Å². The number of benzene rings is 1. The third-order valence-electron chi connectivity index (χ3n) is 4.43. The van der Waals surface area contributed by atoms with Crippen LogP contribution in [0, 0.1) is 5.92 Å². The van der Waals surface area contributed by atoms with Crippen LogP contribution in [0.5, 0.6) is 0 Å². The van der Waals surface area contributed by atoms with Crippen LogP contribution < -0.4 is 10.6 Å². The Morgan fingerprint density at radius 3 is 2.66 bits per heavy atom. The fourth-order valence-corrected chi connectivity index (χ4v) is 3.24. The van der Waals surface area contributed by atoms with Crippen molar-refractivity contribution in [3.63, 3.8) is 0 Å². The Balaban J connectivity index is 1.93. The van der Waals surface area contributed by atoms with Crippen LogP contribution in [0.25, 0.3) is 0 Å². The number of rotatable bonds is 8. The summed E-state index contributed by atoms with van der Waals surface area (Å²) in [6.07, 6.45) is 0.530. The van der Waals surface area contributed by atoms with E-state index < -0.39 is 30.5 Å². The Morgan fingerprint density at radius 2 is 2.03 bits per heavy atom. The number of amides is 2. The zero-order chi connectivity index (χ0) is 21.8. The molecule has 0 aliphatic carbocycles. The lowest BCUT2D eigenvalue weighted by Crippen LogP contribution is -2.54. The van der Waals surface area contributed by atoms with Gasteiger partial charge in [0.15, 0.2) is 0 Å². The molecule has 158 valence electrons. The summed E-state index contributed by atoms with van der Waals surface area (Å²) in [5.74, 6) is -1.62. The maximum Gasteiger partial charge on any atom is 0.475 e. The van der Waals surface area contributed by atoms with E-state index in [1.807, 2.05) is 13.8 Å². The molecule has 2 rings (SSSR count). The second-order valence-corrected chi connectivity index (χ2v) is 8.43. The van der Waals surface area contributed by atoms with Crippen LogP contribution in [-0.4, -0.2) is 52.8 Å². The van der Waals surface area contributed by atoms with Crippen LogP contribution in [0.4, 0.5) is 0 Å². The van der Waals surface area contributed by atoms with Gasteiger partial charge in [-0.15, -0.1) is 0 Å². The Hall–Kier alpha value is -1.81. The van der Waals surface area contributed by atoms with Gasteiger partial charge in [-0.3, -0.25) is 9.59 Å². The van der Waals surface area contributed by atoms with Crippen LogP contribution in [0.15, 0.2) is 23.4 Å². The van der Waals surface area contributed by atoms with Crippen molar-refractivity contribution >= 4 is 47.8 Å². The van der Waals surface area contributed by atoms with E-state index in [4.69, 9.17) is 28.0 Å². The number of nitrogens with zero attached hydrogens (tertiary/aromatic N) is 1. The van der Waals surface area contributed by atoms with E-state index in [1.165, 1.54) is 12.1 Å². The molecule has 1 heterocycles. The minimum absolute atomic E-state index is 0.0581. The topological polar surface area (TPSA) is 120 Å². The van der Waals surface area contributed by atoms with Crippen LogP contribution in [-0.2, 0) is 9.63 Å². The molecule has 0 saturated carbocycles. The Kier molecular flexibility index (Phi) is 7.93. The van der Waals surface area contributed by atoms with E-state index in [9.17, 15) is 19.6 Å². The molecule has 1 aliphatic rings. The van der Waals surface area contributed by atoms with Crippen molar-refractivity contribution in [2.75, 3.05) is 6.54 Å². The summed E-state index contributed by atoms with van der Waals surface area (Å²) in [4.78, 5) is 30.2. The highest BCUT2D eigenvalue weighted by Gasteiger charge is 2.43. The largest absolute Gasteiger partial charge is 0.475 e. The summed E-state index contributed by atoms with van der Waals surface area (Å²) < 4.78 is 0. The van der Waals surface area contributed by atoms with E-state index in [0.29, 0.717) is 17.2 Å². The van der Waals surface area contributed by atoms with Crippen molar-refractivity contribution in [2.45, 2.75) is 45.2 Å². The fourth-order valence-electron chi connectivity index (χ4n) is 2.87. The van der Waals surface area contributed by atoms with E-state index in [0.717, 1.165) is 0 Å². The van der Waals surface area contributed by atoms with E-state index in [2.05, 4.69) is 15.8 Å². The number of carbonyl (C=O) groups is 2. The third kappa shape index (κ3) is 6.34. The predicted octanol–water partition coefficient (Wildman–Crippen LogP) is 1.80. The predicted molar refractivity (Wildman–Crippen MR) is 112 cm³/mol. The molecule has 0 fully saturated rings. The lowest BCUT2D eigenvalue weighted by atomic mass is 9.74. The first kappa shape index (κ1) is 23.5. The van der Waals surface area contributed by atoms with Crippen molar-refractivity contribution in [3.8, 4) is 0 Å². The summed E-state index contributed by atoms with van der Waals surface area (Å²) in [6.45, 7) is 5.42. The van der Waals surface area contributed by atoms with Crippen molar-refractivity contribution < 1.29 is 24.5 Å². The standard InChI is InChI=1S/C18H24BCl2N3O5/c1-10(2)6-15(19(27)28)23-17(26)18(3)8-12(24-29-18)9-22-16(25)13-7-11(20)4-5-14(13)21/h4-5,7,10,15,27-28H,6,8-9H2,1-3H3,(H,22,25)(H,23,26). The minimum Gasteiger partial charge on any atom is -0.426 e. The molecule has 29 heavy (non-hydrogen) atoms. The number of nitrogens with one attached hydrogen (secondary N) is 2. The van der Waals surface area contributed by atoms with E-state index in [-0.39, 0.29) is 29.5 Å². The first-order valence-electron chi connectivity index (χ1n) is 9.16. The average molecular weight is 444 g/mol. The molecule has 11 heteroatoms. The molecule has 0 bridgehead atoms. The van der Waals surface area contributed by atoms with Gasteiger partial charge in [0.1, 0.15) is 0 Å². The molecule has 0 saturated heterocycles. The van der Waals surface area contributed by atoms with Gasteiger partial charge in [-0.1, -0.05) is 42.2 Å². The first-order chi connectivity index (χ1) is 13.5. The molecule has 0 spiro atoms. The summed E-state index contributed by atoms with van der Waals surface area (Å²) in [5.41, 5.74) is -0.621. The highest BCUT2D eigenvalue weighted by molar-refractivity contribution is 6.43. The maximum atomic E-state index is 12.6. The number of carbonyl (C=O) groups excluding carboxylic acids is 2. The van der Waals surface area contributed by atoms with Gasteiger partial charge in [-0.2, -0.15) is 0 Å². The quantitative estimate of drug-likeness (QED) is 0.456. The number of halogens is 2. The van der Waals surface area contributed by atoms with Gasteiger partial charge in [0.05, 0.1) is 28.8 Å². The third-order valence-corrected chi connectivity index (χ3v) is 4.99.